The van der Waals surface area contributed by atoms with Gasteiger partial charge in [-0.2, -0.15) is 0 Å². The molecule has 1 unspecified atom stereocenters. The van der Waals surface area contributed by atoms with E-state index in [4.69, 9.17) is 0 Å². The lowest BCUT2D eigenvalue weighted by atomic mass is 9.84. The molecule has 0 spiro atoms. The van der Waals surface area contributed by atoms with Gasteiger partial charge in [-0.3, -0.25) is 4.98 Å². The maximum atomic E-state index is 10.5. The minimum absolute atomic E-state index is 0.0418. The van der Waals surface area contributed by atoms with E-state index in [2.05, 4.69) is 4.98 Å². The van der Waals surface area contributed by atoms with Gasteiger partial charge in [-0.15, -0.1) is 0 Å². The van der Waals surface area contributed by atoms with Gasteiger partial charge in [0.05, 0.1) is 5.69 Å². The Morgan fingerprint density at radius 2 is 1.71 bits per heavy atom. The summed E-state index contributed by atoms with van der Waals surface area (Å²) < 4.78 is 0. The quantitative estimate of drug-likeness (QED) is 0.713. The molecule has 4 rings (SSSR count). The van der Waals surface area contributed by atoms with E-state index in [1.165, 1.54) is 0 Å². The topological polar surface area (TPSA) is 53.4 Å². The second-order valence-corrected chi connectivity index (χ2v) is 5.13. The number of benzene rings is 2. The monoisotopic (exact) mass is 275 g/mol. The Bertz CT molecular complexity index is 864. The van der Waals surface area contributed by atoms with Crippen LogP contribution >= 0.6 is 0 Å². The zero-order valence-electron chi connectivity index (χ0n) is 11.2. The van der Waals surface area contributed by atoms with Crippen molar-refractivity contribution in [3.05, 3.63) is 83.4 Å². The molecule has 2 N–H and O–H groups in total. The second-order valence-electron chi connectivity index (χ2n) is 5.13. The van der Waals surface area contributed by atoms with Gasteiger partial charge in [-0.1, -0.05) is 42.5 Å². The zero-order chi connectivity index (χ0) is 14.4. The molecule has 3 heteroatoms. The molecule has 1 aromatic heterocycles. The van der Waals surface area contributed by atoms with Crippen LogP contribution in [0.5, 0.6) is 0 Å². The van der Waals surface area contributed by atoms with Crippen LogP contribution in [0, 0.1) is 0 Å². The molecule has 0 saturated carbocycles. The van der Waals surface area contributed by atoms with E-state index in [9.17, 15) is 10.2 Å². The van der Waals surface area contributed by atoms with Gasteiger partial charge in [0.15, 0.2) is 0 Å². The van der Waals surface area contributed by atoms with Gasteiger partial charge < -0.3 is 10.2 Å². The number of hydrogen-bond acceptors (Lipinski definition) is 3. The predicted octanol–water partition coefficient (Wildman–Crippen LogP) is 3.60. The Kier molecular flexibility index (Phi) is 2.56. The van der Waals surface area contributed by atoms with Crippen molar-refractivity contribution in [2.45, 2.75) is 6.10 Å². The van der Waals surface area contributed by atoms with E-state index in [1.807, 2.05) is 54.6 Å². The summed E-state index contributed by atoms with van der Waals surface area (Å²) in [6.45, 7) is 0. The van der Waals surface area contributed by atoms with E-state index < -0.39 is 6.10 Å². The van der Waals surface area contributed by atoms with Crippen molar-refractivity contribution in [1.82, 2.24) is 4.98 Å². The SMILES string of the molecule is OC1=C(c2ccccn2)c2cccc3cccc(c23)C1O. The van der Waals surface area contributed by atoms with Gasteiger partial charge >= 0.3 is 0 Å². The molecule has 0 amide bonds. The van der Waals surface area contributed by atoms with E-state index in [-0.39, 0.29) is 5.76 Å². The van der Waals surface area contributed by atoms with Gasteiger partial charge in [0, 0.05) is 11.8 Å². The number of aromatic nitrogens is 1. The lowest BCUT2D eigenvalue weighted by molar-refractivity contribution is 0.157. The highest BCUT2D eigenvalue weighted by Gasteiger charge is 2.28. The molecule has 21 heavy (non-hydrogen) atoms. The fourth-order valence-electron chi connectivity index (χ4n) is 3.01. The highest BCUT2D eigenvalue weighted by molar-refractivity contribution is 6.02. The lowest BCUT2D eigenvalue weighted by Gasteiger charge is -2.24. The van der Waals surface area contributed by atoms with Crippen molar-refractivity contribution in [1.29, 1.82) is 0 Å². The Labute approximate surface area is 121 Å². The Morgan fingerprint density at radius 1 is 0.905 bits per heavy atom. The lowest BCUT2D eigenvalue weighted by Crippen LogP contribution is -2.12. The summed E-state index contributed by atoms with van der Waals surface area (Å²) in [6, 6.07) is 17.2. The Hall–Kier alpha value is -2.65. The maximum Gasteiger partial charge on any atom is 0.137 e. The normalized spacial score (nSPS) is 17.3. The molecule has 0 bridgehead atoms. The smallest absolute Gasteiger partial charge is 0.137 e. The van der Waals surface area contributed by atoms with Crippen LogP contribution in [-0.4, -0.2) is 15.2 Å². The van der Waals surface area contributed by atoms with Crippen LogP contribution in [0.1, 0.15) is 22.9 Å². The maximum absolute atomic E-state index is 10.5. The molecular weight excluding hydrogens is 262 g/mol. The van der Waals surface area contributed by atoms with Crippen molar-refractivity contribution in [2.75, 3.05) is 0 Å². The number of aliphatic hydroxyl groups is 2. The molecule has 0 fully saturated rings. The van der Waals surface area contributed by atoms with Gasteiger partial charge in [-0.05, 0) is 34.0 Å². The molecular formula is C18H13NO2. The predicted molar refractivity (Wildman–Crippen MR) is 81.8 cm³/mol. The number of nitrogens with zero attached hydrogens (tertiary/aromatic N) is 1. The largest absolute Gasteiger partial charge is 0.508 e. The summed E-state index contributed by atoms with van der Waals surface area (Å²) in [5.74, 6) is -0.0418. The average molecular weight is 275 g/mol. The third-order valence-electron chi connectivity index (χ3n) is 3.94. The number of rotatable bonds is 1. The highest BCUT2D eigenvalue weighted by Crippen LogP contribution is 2.42. The molecule has 0 aliphatic heterocycles. The number of aliphatic hydroxyl groups excluding tert-OH is 2. The van der Waals surface area contributed by atoms with E-state index in [1.54, 1.807) is 6.20 Å². The van der Waals surface area contributed by atoms with Crippen LogP contribution < -0.4 is 0 Å². The molecule has 1 aliphatic carbocycles. The molecule has 2 aromatic carbocycles. The summed E-state index contributed by atoms with van der Waals surface area (Å²) >= 11 is 0. The van der Waals surface area contributed by atoms with Crippen LogP contribution in [0.25, 0.3) is 16.3 Å². The molecule has 1 heterocycles. The van der Waals surface area contributed by atoms with Crippen LogP contribution in [0.3, 0.4) is 0 Å². The first-order valence-corrected chi connectivity index (χ1v) is 6.82. The molecule has 0 saturated heterocycles. The summed E-state index contributed by atoms with van der Waals surface area (Å²) in [6.07, 6.45) is 0.670. The van der Waals surface area contributed by atoms with Gasteiger partial charge in [0.25, 0.3) is 0 Å². The summed E-state index contributed by atoms with van der Waals surface area (Å²) in [4.78, 5) is 4.32. The third-order valence-corrected chi connectivity index (χ3v) is 3.94. The molecule has 3 aromatic rings. The fraction of sp³-hybridized carbons (Fsp3) is 0.0556. The van der Waals surface area contributed by atoms with Crippen LogP contribution in [0.2, 0.25) is 0 Å². The summed E-state index contributed by atoms with van der Waals surface area (Å²) in [5, 5.41) is 22.9. The van der Waals surface area contributed by atoms with Gasteiger partial charge in [-0.25, -0.2) is 0 Å². The first-order chi connectivity index (χ1) is 10.3. The minimum Gasteiger partial charge on any atom is -0.508 e. The Morgan fingerprint density at radius 3 is 2.48 bits per heavy atom. The van der Waals surface area contributed by atoms with E-state index in [0.29, 0.717) is 11.3 Å². The first-order valence-electron chi connectivity index (χ1n) is 6.82. The average Bonchev–Trinajstić information content (AvgIpc) is 2.54. The summed E-state index contributed by atoms with van der Waals surface area (Å²) in [5.41, 5.74) is 2.91. The standard InChI is InChI=1S/C18H13NO2/c20-17-13-8-4-6-11-5-3-7-12(15(11)13)16(18(17)21)14-9-1-2-10-19-14/h1-10,17,20-21H. The third kappa shape index (κ3) is 1.68. The number of pyridine rings is 1. The molecule has 0 radical (unpaired) electrons. The van der Waals surface area contributed by atoms with Gasteiger partial charge in [0.1, 0.15) is 11.9 Å². The summed E-state index contributed by atoms with van der Waals surface area (Å²) in [7, 11) is 0. The van der Waals surface area contributed by atoms with Crippen LogP contribution in [-0.2, 0) is 0 Å². The van der Waals surface area contributed by atoms with Crippen molar-refractivity contribution in [2.24, 2.45) is 0 Å². The zero-order valence-corrected chi connectivity index (χ0v) is 11.2. The Balaban J connectivity index is 2.12. The second kappa shape index (κ2) is 4.43. The van der Waals surface area contributed by atoms with Crippen molar-refractivity contribution in [3.63, 3.8) is 0 Å². The van der Waals surface area contributed by atoms with Gasteiger partial charge in [0.2, 0.25) is 0 Å². The van der Waals surface area contributed by atoms with E-state index in [0.717, 1.165) is 21.9 Å². The molecule has 3 nitrogen and oxygen atoms in total. The van der Waals surface area contributed by atoms with E-state index >= 15 is 0 Å². The molecule has 1 atom stereocenters. The molecule has 102 valence electrons. The van der Waals surface area contributed by atoms with Crippen LogP contribution in [0.15, 0.2) is 66.6 Å². The first kappa shape index (κ1) is 12.1. The molecule has 1 aliphatic rings. The fourth-order valence-corrected chi connectivity index (χ4v) is 3.01. The number of hydrogen-bond donors (Lipinski definition) is 2. The highest BCUT2D eigenvalue weighted by atomic mass is 16.3. The van der Waals surface area contributed by atoms with Crippen molar-refractivity contribution >= 4 is 16.3 Å². The van der Waals surface area contributed by atoms with Crippen molar-refractivity contribution < 1.29 is 10.2 Å². The van der Waals surface area contributed by atoms with Crippen molar-refractivity contribution in [3.8, 4) is 0 Å². The minimum atomic E-state index is -1.01. The van der Waals surface area contributed by atoms with Crippen LogP contribution in [0.4, 0.5) is 0 Å².